The Balaban J connectivity index is 1.69. The second-order valence-corrected chi connectivity index (χ2v) is 10.1. The highest BCUT2D eigenvalue weighted by Gasteiger charge is 2.19. The average molecular weight is 530 g/mol. The minimum absolute atomic E-state index is 0.0536. The molecular formula is C24H15Cl3N4O2S. The molecule has 0 saturated carbocycles. The van der Waals surface area contributed by atoms with Crippen LogP contribution in [0, 0.1) is 11.3 Å². The van der Waals surface area contributed by atoms with E-state index in [1.165, 1.54) is 18.2 Å². The lowest BCUT2D eigenvalue weighted by Crippen LogP contribution is -2.13. The van der Waals surface area contributed by atoms with Gasteiger partial charge in [-0.3, -0.25) is 4.72 Å². The highest BCUT2D eigenvalue weighted by atomic mass is 35.5. The molecular weight excluding hydrogens is 515 g/mol. The molecule has 0 fully saturated rings. The molecule has 4 rings (SSSR count). The molecule has 170 valence electrons. The maximum absolute atomic E-state index is 12.8. The number of hydrogen-bond donors (Lipinski definition) is 2. The molecule has 1 aromatic heterocycles. The number of anilines is 2. The molecule has 0 radical (unpaired) electrons. The van der Waals surface area contributed by atoms with Crippen molar-refractivity contribution in [1.82, 2.24) is 4.98 Å². The molecule has 3 N–H and O–H groups in total. The number of nitrogens with zero attached hydrogens (tertiary/aromatic N) is 2. The summed E-state index contributed by atoms with van der Waals surface area (Å²) in [4.78, 5) is 4.22. The number of halogens is 3. The SMILES string of the molecule is N#Cc1c(-c2ccccc2Cl)cc(-c2ccc(NS(=O)(=O)c3cc(Cl)ccc3Cl)cc2)nc1N. The van der Waals surface area contributed by atoms with Gasteiger partial charge < -0.3 is 5.73 Å². The van der Waals surface area contributed by atoms with Crippen LogP contribution in [0.2, 0.25) is 15.1 Å². The first-order valence-corrected chi connectivity index (χ1v) is 12.3. The van der Waals surface area contributed by atoms with E-state index in [0.29, 0.717) is 33.1 Å². The lowest BCUT2D eigenvalue weighted by atomic mass is 9.98. The lowest BCUT2D eigenvalue weighted by molar-refractivity contribution is 0.601. The Morgan fingerprint density at radius 3 is 2.26 bits per heavy atom. The Hall–Kier alpha value is -3.28. The Morgan fingerprint density at radius 2 is 1.59 bits per heavy atom. The van der Waals surface area contributed by atoms with Gasteiger partial charge in [0.25, 0.3) is 10.0 Å². The first-order chi connectivity index (χ1) is 16.2. The van der Waals surface area contributed by atoms with E-state index in [1.54, 1.807) is 48.5 Å². The Labute approximate surface area is 211 Å². The van der Waals surface area contributed by atoms with Crippen molar-refractivity contribution in [3.8, 4) is 28.5 Å². The molecule has 0 aliphatic rings. The number of benzene rings is 3. The number of pyridine rings is 1. The van der Waals surface area contributed by atoms with Crippen molar-refractivity contribution < 1.29 is 8.42 Å². The molecule has 3 aromatic carbocycles. The zero-order chi connectivity index (χ0) is 24.5. The molecule has 0 aliphatic heterocycles. The molecule has 0 saturated heterocycles. The summed E-state index contributed by atoms with van der Waals surface area (Å²) in [5.74, 6) is 0.0651. The number of sulfonamides is 1. The van der Waals surface area contributed by atoms with Crippen LogP contribution in [0.25, 0.3) is 22.4 Å². The standard InChI is InChI=1S/C24H15Cl3N4O2S/c25-15-7-10-21(27)23(11-15)34(32,33)31-16-8-5-14(6-9-16)22-12-18(19(13-28)24(29)30-22)17-3-1-2-4-20(17)26/h1-12,31H,(H2,29,30). The summed E-state index contributed by atoms with van der Waals surface area (Å²) >= 11 is 18.3. The van der Waals surface area contributed by atoms with Crippen LogP contribution in [0.15, 0.2) is 77.7 Å². The first kappa shape index (κ1) is 23.9. The molecule has 10 heteroatoms. The summed E-state index contributed by atoms with van der Waals surface area (Å²) in [5, 5.41) is 10.4. The largest absolute Gasteiger partial charge is 0.383 e. The Kier molecular flexibility index (Phi) is 6.69. The summed E-state index contributed by atoms with van der Waals surface area (Å²) in [6, 6.07) is 21.6. The number of rotatable bonds is 5. The summed E-state index contributed by atoms with van der Waals surface area (Å²) in [6.07, 6.45) is 0. The van der Waals surface area contributed by atoms with Crippen LogP contribution >= 0.6 is 34.8 Å². The summed E-state index contributed by atoms with van der Waals surface area (Å²) < 4.78 is 28.0. The number of nitrogens with two attached hydrogens (primary N) is 1. The van der Waals surface area contributed by atoms with Gasteiger partial charge in [0.05, 0.1) is 10.7 Å². The number of hydrogen-bond acceptors (Lipinski definition) is 5. The maximum atomic E-state index is 12.8. The molecule has 1 heterocycles. The van der Waals surface area contributed by atoms with Crippen molar-refractivity contribution in [2.24, 2.45) is 0 Å². The molecule has 34 heavy (non-hydrogen) atoms. The number of aromatic nitrogens is 1. The van der Waals surface area contributed by atoms with Crippen molar-refractivity contribution in [3.63, 3.8) is 0 Å². The van der Waals surface area contributed by atoms with E-state index >= 15 is 0 Å². The second-order valence-electron chi connectivity index (χ2n) is 7.16. The van der Waals surface area contributed by atoms with E-state index in [0.717, 1.165) is 0 Å². The van der Waals surface area contributed by atoms with Gasteiger partial charge in [-0.2, -0.15) is 5.26 Å². The summed E-state index contributed by atoms with van der Waals surface area (Å²) in [6.45, 7) is 0. The first-order valence-electron chi connectivity index (χ1n) is 9.73. The van der Waals surface area contributed by atoms with E-state index < -0.39 is 10.0 Å². The molecule has 0 amide bonds. The van der Waals surface area contributed by atoms with Crippen LogP contribution in [0.4, 0.5) is 11.5 Å². The zero-order valence-corrected chi connectivity index (χ0v) is 20.3. The van der Waals surface area contributed by atoms with E-state index in [2.05, 4.69) is 15.8 Å². The fraction of sp³-hybridized carbons (Fsp3) is 0. The van der Waals surface area contributed by atoms with Crippen molar-refractivity contribution >= 4 is 56.3 Å². The third kappa shape index (κ3) is 4.81. The van der Waals surface area contributed by atoms with Gasteiger partial charge in [0.1, 0.15) is 22.3 Å². The predicted molar refractivity (Wildman–Crippen MR) is 137 cm³/mol. The molecule has 0 spiro atoms. The molecule has 6 nitrogen and oxygen atoms in total. The van der Waals surface area contributed by atoms with Crippen molar-refractivity contribution in [1.29, 1.82) is 5.26 Å². The van der Waals surface area contributed by atoms with Gasteiger partial charge in [-0.1, -0.05) is 65.1 Å². The minimum atomic E-state index is -3.96. The molecule has 0 atom stereocenters. The molecule has 0 unspecified atom stereocenters. The highest BCUT2D eigenvalue weighted by Crippen LogP contribution is 2.35. The van der Waals surface area contributed by atoms with E-state index in [4.69, 9.17) is 40.5 Å². The Morgan fingerprint density at radius 1 is 0.882 bits per heavy atom. The highest BCUT2D eigenvalue weighted by molar-refractivity contribution is 7.92. The third-order valence-corrected chi connectivity index (χ3v) is 7.37. The van der Waals surface area contributed by atoms with Gasteiger partial charge in [-0.25, -0.2) is 13.4 Å². The van der Waals surface area contributed by atoms with Gasteiger partial charge in [-0.15, -0.1) is 0 Å². The van der Waals surface area contributed by atoms with Crippen molar-refractivity contribution in [2.45, 2.75) is 4.90 Å². The average Bonchev–Trinajstić information content (AvgIpc) is 2.80. The number of nitrogens with one attached hydrogen (secondary N) is 1. The summed E-state index contributed by atoms with van der Waals surface area (Å²) in [7, 11) is -3.96. The van der Waals surface area contributed by atoms with Crippen LogP contribution in [0.5, 0.6) is 0 Å². The fourth-order valence-electron chi connectivity index (χ4n) is 3.32. The Bertz CT molecular complexity index is 1550. The minimum Gasteiger partial charge on any atom is -0.383 e. The van der Waals surface area contributed by atoms with E-state index in [1.807, 2.05) is 6.07 Å². The van der Waals surface area contributed by atoms with Crippen LogP contribution in [-0.4, -0.2) is 13.4 Å². The van der Waals surface area contributed by atoms with Gasteiger partial charge in [0.15, 0.2) is 0 Å². The normalized spacial score (nSPS) is 11.1. The van der Waals surface area contributed by atoms with Crippen molar-refractivity contribution in [3.05, 3.63) is 93.4 Å². The molecule has 4 aromatic rings. The smallest absolute Gasteiger partial charge is 0.263 e. The topological polar surface area (TPSA) is 109 Å². The zero-order valence-electron chi connectivity index (χ0n) is 17.3. The molecule has 0 bridgehead atoms. The van der Waals surface area contributed by atoms with Gasteiger partial charge in [-0.05, 0) is 42.5 Å². The predicted octanol–water partition coefficient (Wildman–Crippen LogP) is 6.63. The maximum Gasteiger partial charge on any atom is 0.263 e. The van der Waals surface area contributed by atoms with Crippen molar-refractivity contribution in [2.75, 3.05) is 10.5 Å². The third-order valence-electron chi connectivity index (χ3n) is 4.94. The van der Waals surface area contributed by atoms with Gasteiger partial charge in [0, 0.05) is 32.4 Å². The van der Waals surface area contributed by atoms with E-state index in [-0.39, 0.29) is 26.3 Å². The fourth-order valence-corrected chi connectivity index (χ4v) is 5.38. The van der Waals surface area contributed by atoms with Crippen LogP contribution in [0.1, 0.15) is 5.56 Å². The lowest BCUT2D eigenvalue weighted by Gasteiger charge is -2.13. The quantitative estimate of drug-likeness (QED) is 0.301. The molecule has 0 aliphatic carbocycles. The second kappa shape index (κ2) is 9.53. The van der Waals surface area contributed by atoms with Gasteiger partial charge in [0.2, 0.25) is 0 Å². The van der Waals surface area contributed by atoms with Crippen LogP contribution in [-0.2, 0) is 10.0 Å². The number of nitriles is 1. The van der Waals surface area contributed by atoms with Crippen LogP contribution in [0.3, 0.4) is 0 Å². The van der Waals surface area contributed by atoms with E-state index in [9.17, 15) is 13.7 Å². The monoisotopic (exact) mass is 528 g/mol. The van der Waals surface area contributed by atoms with Gasteiger partial charge >= 0.3 is 0 Å². The number of nitrogen functional groups attached to an aromatic ring is 1. The van der Waals surface area contributed by atoms with Crippen LogP contribution < -0.4 is 10.5 Å². The summed E-state index contributed by atoms with van der Waals surface area (Å²) in [5.41, 5.74) is 8.97.